The first-order valence-electron chi connectivity index (χ1n) is 7.07. The van der Waals surface area contributed by atoms with Crippen molar-refractivity contribution in [1.29, 1.82) is 0 Å². The normalized spacial score (nSPS) is 15.1. The lowest BCUT2D eigenvalue weighted by Crippen LogP contribution is -2.39. The number of carbonyl (C=O) groups is 1. The Kier molecular flexibility index (Phi) is 6.61. The summed E-state index contributed by atoms with van der Waals surface area (Å²) < 4.78 is 0. The fraction of sp³-hybridized carbons (Fsp3) is 0.438. The van der Waals surface area contributed by atoms with Gasteiger partial charge in [-0.1, -0.05) is 17.9 Å². The molecule has 1 aromatic rings. The summed E-state index contributed by atoms with van der Waals surface area (Å²) in [5.74, 6) is 7.67. The molecule has 0 spiro atoms. The van der Waals surface area contributed by atoms with Crippen LogP contribution in [0.25, 0.3) is 0 Å². The predicted octanol–water partition coefficient (Wildman–Crippen LogP) is 0.809. The summed E-state index contributed by atoms with van der Waals surface area (Å²) in [4.78, 5) is 14.5. The second-order valence-corrected chi connectivity index (χ2v) is 5.98. The number of aliphatic hydroxyl groups excluding tert-OH is 1. The molecule has 5 heteroatoms. The van der Waals surface area contributed by atoms with E-state index in [0.717, 1.165) is 25.2 Å². The zero-order chi connectivity index (χ0) is 14.9. The zero-order valence-corrected chi connectivity index (χ0v) is 12.8. The summed E-state index contributed by atoms with van der Waals surface area (Å²) in [7, 11) is 0. The largest absolute Gasteiger partial charge is 0.384 e. The molecule has 0 aromatic heterocycles. The third kappa shape index (κ3) is 5.43. The van der Waals surface area contributed by atoms with Crippen LogP contribution in [0.1, 0.15) is 15.9 Å². The van der Waals surface area contributed by atoms with Crippen molar-refractivity contribution in [1.82, 2.24) is 10.2 Å². The van der Waals surface area contributed by atoms with Gasteiger partial charge in [0, 0.05) is 48.8 Å². The van der Waals surface area contributed by atoms with Crippen molar-refractivity contribution in [3.63, 3.8) is 0 Å². The zero-order valence-electron chi connectivity index (χ0n) is 12.0. The van der Waals surface area contributed by atoms with E-state index in [2.05, 4.69) is 22.1 Å². The van der Waals surface area contributed by atoms with Gasteiger partial charge < -0.3 is 10.4 Å². The minimum atomic E-state index is -0.176. The molecule has 21 heavy (non-hydrogen) atoms. The van der Waals surface area contributed by atoms with E-state index in [-0.39, 0.29) is 12.5 Å². The van der Waals surface area contributed by atoms with Crippen molar-refractivity contribution < 1.29 is 9.90 Å². The van der Waals surface area contributed by atoms with Crippen molar-refractivity contribution in [3.05, 3.63) is 35.4 Å². The standard InChI is InChI=1S/C16H20N2O2S/c19-10-2-4-14-3-1-5-15(13-14)16(20)17-6-7-18-8-11-21-12-9-18/h1,3,5,13,19H,6-12H2,(H,17,20). The third-order valence-electron chi connectivity index (χ3n) is 3.25. The van der Waals surface area contributed by atoms with Gasteiger partial charge in [-0.15, -0.1) is 0 Å². The molecular formula is C16H20N2O2S. The van der Waals surface area contributed by atoms with Crippen molar-refractivity contribution in [3.8, 4) is 11.8 Å². The molecule has 112 valence electrons. The van der Waals surface area contributed by atoms with Crippen LogP contribution in [0, 0.1) is 11.8 Å². The van der Waals surface area contributed by atoms with Gasteiger partial charge in [0.25, 0.3) is 5.91 Å². The third-order valence-corrected chi connectivity index (χ3v) is 4.20. The summed E-state index contributed by atoms with van der Waals surface area (Å²) in [6.45, 7) is 3.59. The topological polar surface area (TPSA) is 52.6 Å². The molecule has 1 amide bonds. The average molecular weight is 304 g/mol. The van der Waals surface area contributed by atoms with Crippen LogP contribution in [0.15, 0.2) is 24.3 Å². The molecule has 1 aliphatic rings. The van der Waals surface area contributed by atoms with Gasteiger partial charge in [0.05, 0.1) is 0 Å². The quantitative estimate of drug-likeness (QED) is 0.808. The molecule has 0 bridgehead atoms. The number of aliphatic hydroxyl groups is 1. The summed E-state index contributed by atoms with van der Waals surface area (Å²) in [5.41, 5.74) is 1.35. The van der Waals surface area contributed by atoms with Gasteiger partial charge in [0.15, 0.2) is 0 Å². The Bertz CT molecular complexity index is 531. The van der Waals surface area contributed by atoms with E-state index >= 15 is 0 Å². The van der Waals surface area contributed by atoms with Gasteiger partial charge in [0.1, 0.15) is 6.61 Å². The first-order chi connectivity index (χ1) is 10.3. The Labute approximate surface area is 129 Å². The van der Waals surface area contributed by atoms with Crippen LogP contribution in [0.4, 0.5) is 0 Å². The highest BCUT2D eigenvalue weighted by Crippen LogP contribution is 2.08. The van der Waals surface area contributed by atoms with E-state index in [1.807, 2.05) is 17.8 Å². The summed E-state index contributed by atoms with van der Waals surface area (Å²) in [6.07, 6.45) is 0. The minimum absolute atomic E-state index is 0.0750. The first-order valence-corrected chi connectivity index (χ1v) is 8.23. The molecule has 1 heterocycles. The Balaban J connectivity index is 1.82. The van der Waals surface area contributed by atoms with Crippen LogP contribution in [0.5, 0.6) is 0 Å². The second-order valence-electron chi connectivity index (χ2n) is 4.75. The molecular weight excluding hydrogens is 284 g/mol. The number of hydrogen-bond donors (Lipinski definition) is 2. The van der Waals surface area contributed by atoms with Gasteiger partial charge in [-0.2, -0.15) is 11.8 Å². The van der Waals surface area contributed by atoms with E-state index in [4.69, 9.17) is 5.11 Å². The summed E-state index contributed by atoms with van der Waals surface area (Å²) >= 11 is 1.98. The van der Waals surface area contributed by atoms with Crippen molar-refractivity contribution in [2.75, 3.05) is 44.3 Å². The van der Waals surface area contributed by atoms with E-state index in [1.165, 1.54) is 11.5 Å². The summed E-state index contributed by atoms with van der Waals surface area (Å²) in [5, 5.41) is 11.6. The maximum atomic E-state index is 12.1. The number of nitrogens with zero attached hydrogens (tertiary/aromatic N) is 1. The smallest absolute Gasteiger partial charge is 0.251 e. The SMILES string of the molecule is O=C(NCCN1CCSCC1)c1cccc(C#CCO)c1. The lowest BCUT2D eigenvalue weighted by atomic mass is 10.1. The van der Waals surface area contributed by atoms with Crippen LogP contribution >= 0.6 is 11.8 Å². The summed E-state index contributed by atoms with van der Waals surface area (Å²) in [6, 6.07) is 7.15. The van der Waals surface area contributed by atoms with E-state index in [1.54, 1.807) is 18.2 Å². The van der Waals surface area contributed by atoms with E-state index in [9.17, 15) is 4.79 Å². The van der Waals surface area contributed by atoms with E-state index in [0.29, 0.717) is 12.1 Å². The molecule has 0 aliphatic carbocycles. The highest BCUT2D eigenvalue weighted by atomic mass is 32.2. The minimum Gasteiger partial charge on any atom is -0.384 e. The second kappa shape index (κ2) is 8.73. The number of benzene rings is 1. The number of nitrogens with one attached hydrogen (secondary N) is 1. The Hall–Kier alpha value is -1.48. The molecule has 0 radical (unpaired) electrons. The van der Waals surface area contributed by atoms with Crippen LogP contribution in [0.2, 0.25) is 0 Å². The van der Waals surface area contributed by atoms with Gasteiger partial charge >= 0.3 is 0 Å². The number of rotatable bonds is 4. The molecule has 1 saturated heterocycles. The Morgan fingerprint density at radius 1 is 1.38 bits per heavy atom. The van der Waals surface area contributed by atoms with Crippen molar-refractivity contribution >= 4 is 17.7 Å². The monoisotopic (exact) mass is 304 g/mol. The van der Waals surface area contributed by atoms with Gasteiger partial charge in [0.2, 0.25) is 0 Å². The number of carbonyl (C=O) groups excluding carboxylic acids is 1. The van der Waals surface area contributed by atoms with Crippen molar-refractivity contribution in [2.45, 2.75) is 0 Å². The Morgan fingerprint density at radius 2 is 2.19 bits per heavy atom. The fourth-order valence-corrected chi connectivity index (χ4v) is 3.11. The number of amides is 1. The predicted molar refractivity (Wildman–Crippen MR) is 86.5 cm³/mol. The van der Waals surface area contributed by atoms with E-state index < -0.39 is 0 Å². The highest BCUT2D eigenvalue weighted by Gasteiger charge is 2.10. The lowest BCUT2D eigenvalue weighted by Gasteiger charge is -2.25. The number of hydrogen-bond acceptors (Lipinski definition) is 4. The van der Waals surface area contributed by atoms with Gasteiger partial charge in [-0.3, -0.25) is 9.69 Å². The first kappa shape index (κ1) is 15.9. The molecule has 1 fully saturated rings. The van der Waals surface area contributed by atoms with Crippen LogP contribution in [-0.2, 0) is 0 Å². The maximum absolute atomic E-state index is 12.1. The lowest BCUT2D eigenvalue weighted by molar-refractivity contribution is 0.0949. The molecule has 0 saturated carbocycles. The average Bonchev–Trinajstić information content (AvgIpc) is 2.54. The maximum Gasteiger partial charge on any atom is 0.251 e. The van der Waals surface area contributed by atoms with Crippen LogP contribution < -0.4 is 5.32 Å². The van der Waals surface area contributed by atoms with Gasteiger partial charge in [-0.25, -0.2) is 0 Å². The van der Waals surface area contributed by atoms with Crippen molar-refractivity contribution in [2.24, 2.45) is 0 Å². The number of thioether (sulfide) groups is 1. The van der Waals surface area contributed by atoms with Crippen LogP contribution in [-0.4, -0.2) is 60.2 Å². The Morgan fingerprint density at radius 3 is 2.95 bits per heavy atom. The molecule has 2 rings (SSSR count). The van der Waals surface area contributed by atoms with Crippen LogP contribution in [0.3, 0.4) is 0 Å². The highest BCUT2D eigenvalue weighted by molar-refractivity contribution is 7.99. The molecule has 1 aromatic carbocycles. The van der Waals surface area contributed by atoms with Gasteiger partial charge in [-0.05, 0) is 18.2 Å². The fourth-order valence-electron chi connectivity index (χ4n) is 2.13. The molecule has 1 aliphatic heterocycles. The molecule has 2 N–H and O–H groups in total. The molecule has 0 unspecified atom stereocenters. The molecule has 4 nitrogen and oxygen atoms in total. The molecule has 0 atom stereocenters.